The highest BCUT2D eigenvalue weighted by Gasteiger charge is 2.20. The predicted molar refractivity (Wildman–Crippen MR) is 99.3 cm³/mol. The molecule has 3 aromatic rings. The third-order valence-electron chi connectivity index (χ3n) is 4.43. The second-order valence-electron chi connectivity index (χ2n) is 5.98. The van der Waals surface area contributed by atoms with Gasteiger partial charge < -0.3 is 4.74 Å². The lowest BCUT2D eigenvalue weighted by Gasteiger charge is -2.09. The number of hydrogen-bond acceptors (Lipinski definition) is 5. The second kappa shape index (κ2) is 6.33. The normalized spacial score (nSPS) is 14.1. The van der Waals surface area contributed by atoms with Crippen molar-refractivity contribution in [2.24, 2.45) is 5.10 Å². The van der Waals surface area contributed by atoms with E-state index in [0.717, 1.165) is 47.2 Å². The lowest BCUT2D eigenvalue weighted by atomic mass is 9.97. The van der Waals surface area contributed by atoms with Crippen LogP contribution >= 0.6 is 11.3 Å². The first-order valence-corrected chi connectivity index (χ1v) is 8.97. The SMILES string of the molecule is COc1ccc(/C=N\n2c(=O)[nH]c3sc4c(c3c2=O)CCCC4)cc1. The molecule has 0 spiro atoms. The van der Waals surface area contributed by atoms with Crippen LogP contribution in [-0.4, -0.2) is 23.0 Å². The Morgan fingerprint density at radius 3 is 2.72 bits per heavy atom. The summed E-state index contributed by atoms with van der Waals surface area (Å²) in [6.45, 7) is 0. The minimum Gasteiger partial charge on any atom is -0.497 e. The predicted octanol–water partition coefficient (Wildman–Crippen LogP) is 2.52. The summed E-state index contributed by atoms with van der Waals surface area (Å²) >= 11 is 1.52. The Labute approximate surface area is 147 Å². The smallest absolute Gasteiger partial charge is 0.350 e. The van der Waals surface area contributed by atoms with E-state index in [-0.39, 0.29) is 5.56 Å². The zero-order valence-corrected chi connectivity index (χ0v) is 14.6. The van der Waals surface area contributed by atoms with Crippen LogP contribution in [0.4, 0.5) is 0 Å². The zero-order valence-electron chi connectivity index (χ0n) is 13.7. The highest BCUT2D eigenvalue weighted by Crippen LogP contribution is 2.32. The van der Waals surface area contributed by atoms with Crippen LogP contribution in [0.15, 0.2) is 39.0 Å². The van der Waals surface area contributed by atoms with Crippen molar-refractivity contribution in [2.75, 3.05) is 7.11 Å². The summed E-state index contributed by atoms with van der Waals surface area (Å²) in [4.78, 5) is 29.8. The zero-order chi connectivity index (χ0) is 17.4. The van der Waals surface area contributed by atoms with E-state index in [1.54, 1.807) is 19.2 Å². The van der Waals surface area contributed by atoms with Crippen LogP contribution in [0.3, 0.4) is 0 Å². The average molecular weight is 355 g/mol. The molecular formula is C18H17N3O3S. The van der Waals surface area contributed by atoms with E-state index in [1.165, 1.54) is 22.4 Å². The number of H-pyrrole nitrogens is 1. The van der Waals surface area contributed by atoms with Gasteiger partial charge in [-0.05, 0) is 61.1 Å². The highest BCUT2D eigenvalue weighted by atomic mass is 32.1. The molecule has 1 aliphatic rings. The summed E-state index contributed by atoms with van der Waals surface area (Å²) in [6, 6.07) is 7.22. The molecule has 0 fully saturated rings. The van der Waals surface area contributed by atoms with Crippen LogP contribution in [0.2, 0.25) is 0 Å². The third-order valence-corrected chi connectivity index (χ3v) is 5.64. The van der Waals surface area contributed by atoms with E-state index in [2.05, 4.69) is 10.1 Å². The van der Waals surface area contributed by atoms with Gasteiger partial charge in [-0.3, -0.25) is 9.78 Å². The van der Waals surface area contributed by atoms with Crippen LogP contribution in [-0.2, 0) is 12.8 Å². The first-order chi connectivity index (χ1) is 12.2. The maximum Gasteiger partial charge on any atom is 0.350 e. The molecule has 1 aliphatic carbocycles. The van der Waals surface area contributed by atoms with Crippen molar-refractivity contribution >= 4 is 27.8 Å². The van der Waals surface area contributed by atoms with Crippen molar-refractivity contribution in [2.45, 2.75) is 25.7 Å². The summed E-state index contributed by atoms with van der Waals surface area (Å²) in [6.07, 6.45) is 5.57. The molecule has 2 aromatic heterocycles. The number of rotatable bonds is 3. The van der Waals surface area contributed by atoms with E-state index in [0.29, 0.717) is 10.2 Å². The number of aryl methyl sites for hydroxylation is 2. The van der Waals surface area contributed by atoms with Crippen LogP contribution in [0.1, 0.15) is 28.8 Å². The quantitative estimate of drug-likeness (QED) is 0.734. The second-order valence-corrected chi connectivity index (χ2v) is 7.09. The van der Waals surface area contributed by atoms with Gasteiger partial charge in [0.2, 0.25) is 0 Å². The first kappa shape index (κ1) is 15.8. The number of hydrogen-bond donors (Lipinski definition) is 1. The van der Waals surface area contributed by atoms with Gasteiger partial charge in [-0.25, -0.2) is 4.79 Å². The van der Waals surface area contributed by atoms with Crippen molar-refractivity contribution in [1.82, 2.24) is 9.66 Å². The largest absolute Gasteiger partial charge is 0.497 e. The maximum atomic E-state index is 12.8. The van der Waals surface area contributed by atoms with Crippen LogP contribution < -0.4 is 16.0 Å². The Morgan fingerprint density at radius 2 is 1.96 bits per heavy atom. The van der Waals surface area contributed by atoms with Crippen LogP contribution in [0, 0.1) is 0 Å². The number of ether oxygens (including phenoxy) is 1. The van der Waals surface area contributed by atoms with Gasteiger partial charge in [0.05, 0.1) is 18.7 Å². The molecule has 0 bridgehead atoms. The first-order valence-electron chi connectivity index (χ1n) is 8.15. The van der Waals surface area contributed by atoms with Crippen molar-refractivity contribution < 1.29 is 4.74 Å². The Balaban J connectivity index is 1.80. The summed E-state index contributed by atoms with van der Waals surface area (Å²) < 4.78 is 6.02. The Hall–Kier alpha value is -2.67. The lowest BCUT2D eigenvalue weighted by Crippen LogP contribution is -2.32. The van der Waals surface area contributed by atoms with Crippen molar-refractivity contribution in [3.63, 3.8) is 0 Å². The molecule has 25 heavy (non-hydrogen) atoms. The number of benzene rings is 1. The van der Waals surface area contributed by atoms with E-state index in [9.17, 15) is 9.59 Å². The summed E-state index contributed by atoms with van der Waals surface area (Å²) in [5.41, 5.74) is 1.00. The molecule has 0 aliphatic heterocycles. The summed E-state index contributed by atoms with van der Waals surface area (Å²) in [5, 5.41) is 4.73. The third kappa shape index (κ3) is 2.80. The molecule has 4 rings (SSSR count). The van der Waals surface area contributed by atoms with Gasteiger partial charge in [0, 0.05) is 4.88 Å². The molecule has 0 unspecified atom stereocenters. The Morgan fingerprint density at radius 1 is 1.20 bits per heavy atom. The number of aromatic amines is 1. The summed E-state index contributed by atoms with van der Waals surface area (Å²) in [5.74, 6) is 0.735. The van der Waals surface area contributed by atoms with Crippen LogP contribution in [0.25, 0.3) is 10.2 Å². The number of nitrogens with one attached hydrogen (secondary N) is 1. The van der Waals surface area contributed by atoms with Gasteiger partial charge >= 0.3 is 5.69 Å². The fourth-order valence-corrected chi connectivity index (χ4v) is 4.42. The van der Waals surface area contributed by atoms with Crippen molar-refractivity contribution in [3.8, 4) is 5.75 Å². The van der Waals surface area contributed by atoms with Crippen molar-refractivity contribution in [3.05, 3.63) is 61.1 Å². The molecule has 6 nitrogen and oxygen atoms in total. The molecule has 1 N–H and O–H groups in total. The number of methoxy groups -OCH3 is 1. The molecule has 1 aromatic carbocycles. The van der Waals surface area contributed by atoms with Crippen molar-refractivity contribution in [1.29, 1.82) is 0 Å². The van der Waals surface area contributed by atoms with Gasteiger partial charge in [-0.2, -0.15) is 5.10 Å². The molecule has 0 radical (unpaired) electrons. The van der Waals surface area contributed by atoms with E-state index in [1.807, 2.05) is 12.1 Å². The van der Waals surface area contributed by atoms with Gasteiger partial charge in [-0.1, -0.05) is 0 Å². The summed E-state index contributed by atoms with van der Waals surface area (Å²) in [7, 11) is 1.60. The number of nitrogens with zero attached hydrogens (tertiary/aromatic N) is 2. The maximum absolute atomic E-state index is 12.8. The van der Waals surface area contributed by atoms with Gasteiger partial charge in [-0.15, -0.1) is 16.0 Å². The average Bonchev–Trinajstić information content (AvgIpc) is 3.00. The Bertz CT molecular complexity index is 1070. The fourth-order valence-electron chi connectivity index (χ4n) is 3.15. The Kier molecular flexibility index (Phi) is 4.01. The number of thiophene rings is 1. The fraction of sp³-hybridized carbons (Fsp3) is 0.278. The number of fused-ring (bicyclic) bond motifs is 3. The minimum atomic E-state index is -0.513. The molecule has 0 atom stereocenters. The van der Waals surface area contributed by atoms with E-state index >= 15 is 0 Å². The number of aromatic nitrogens is 2. The van der Waals surface area contributed by atoms with Gasteiger partial charge in [0.1, 0.15) is 10.6 Å². The highest BCUT2D eigenvalue weighted by molar-refractivity contribution is 7.18. The molecule has 0 saturated carbocycles. The lowest BCUT2D eigenvalue weighted by molar-refractivity contribution is 0.415. The molecule has 2 heterocycles. The molecular weight excluding hydrogens is 338 g/mol. The van der Waals surface area contributed by atoms with E-state index in [4.69, 9.17) is 4.74 Å². The topological polar surface area (TPSA) is 76.5 Å². The monoisotopic (exact) mass is 355 g/mol. The minimum absolute atomic E-state index is 0.345. The molecule has 128 valence electrons. The molecule has 0 saturated heterocycles. The molecule has 7 heteroatoms. The molecule has 0 amide bonds. The van der Waals surface area contributed by atoms with Gasteiger partial charge in [0.25, 0.3) is 5.56 Å². The van der Waals surface area contributed by atoms with Gasteiger partial charge in [0.15, 0.2) is 0 Å². The van der Waals surface area contributed by atoms with E-state index < -0.39 is 5.69 Å². The van der Waals surface area contributed by atoms with Crippen LogP contribution in [0.5, 0.6) is 5.75 Å². The standard InChI is InChI=1S/C18H17N3O3S/c1-24-12-8-6-11(7-9-12)10-19-21-17(22)15-13-4-2-3-5-14(13)25-16(15)20-18(21)23/h6-10H,2-5H2,1H3,(H,20,23)/b19-10-.